The van der Waals surface area contributed by atoms with E-state index in [0.717, 1.165) is 0 Å². The van der Waals surface area contributed by atoms with Crippen LogP contribution in [-0.2, 0) is 0 Å². The third-order valence-electron chi connectivity index (χ3n) is 2.37. The summed E-state index contributed by atoms with van der Waals surface area (Å²) >= 11 is 21.3. The average molecular weight is 366 g/mol. The van der Waals surface area contributed by atoms with Crippen LogP contribution in [0.5, 0.6) is 23.0 Å². The molecule has 3 rings (SSSR count). The number of rotatable bonds is 0. The lowest BCUT2D eigenvalue weighted by molar-refractivity contribution is 0.358. The summed E-state index contributed by atoms with van der Waals surface area (Å²) in [7, 11) is 0. The lowest BCUT2D eigenvalue weighted by atomic mass is 10.2. The molecule has 0 fully saturated rings. The molecule has 0 atom stereocenters. The molecule has 0 spiro atoms. The maximum atomic E-state index is 6.06. The van der Waals surface area contributed by atoms with Crippen LogP contribution in [0.1, 0.15) is 0 Å². The summed E-state index contributed by atoms with van der Waals surface area (Å²) in [5.74, 6) is 1.96. The van der Waals surface area contributed by atoms with Gasteiger partial charge in [0.1, 0.15) is 0 Å². The molecule has 0 radical (unpaired) electrons. The van der Waals surface area contributed by atoms with Crippen molar-refractivity contribution < 1.29 is 9.47 Å². The maximum Gasteiger partial charge on any atom is 0.188 e. The molecule has 1 heterocycles. The molecule has 2 aromatic rings. The Morgan fingerprint density at radius 3 is 2.06 bits per heavy atom. The van der Waals surface area contributed by atoms with Crippen molar-refractivity contribution in [2.75, 3.05) is 0 Å². The zero-order chi connectivity index (χ0) is 12.9. The van der Waals surface area contributed by atoms with Gasteiger partial charge in [0.15, 0.2) is 23.0 Å². The van der Waals surface area contributed by atoms with Gasteiger partial charge in [-0.05, 0) is 28.1 Å². The number of hydrogen-bond donors (Lipinski definition) is 0. The van der Waals surface area contributed by atoms with Gasteiger partial charge in [0.25, 0.3) is 0 Å². The molecule has 18 heavy (non-hydrogen) atoms. The van der Waals surface area contributed by atoms with E-state index in [1.165, 1.54) is 0 Å². The Hall–Kier alpha value is -0.610. The third kappa shape index (κ3) is 2.05. The predicted molar refractivity (Wildman–Crippen MR) is 75.8 cm³/mol. The molecule has 0 N–H and O–H groups in total. The fourth-order valence-corrected chi connectivity index (χ4v) is 3.02. The van der Waals surface area contributed by atoms with Crippen molar-refractivity contribution in [3.8, 4) is 23.0 Å². The summed E-state index contributed by atoms with van der Waals surface area (Å²) < 4.78 is 12.1. The summed E-state index contributed by atoms with van der Waals surface area (Å²) in [6, 6.07) is 6.62. The second-order valence-electron chi connectivity index (χ2n) is 3.63. The molecule has 0 amide bonds. The van der Waals surface area contributed by atoms with Crippen LogP contribution in [0.25, 0.3) is 0 Å². The summed E-state index contributed by atoms with van der Waals surface area (Å²) in [4.78, 5) is 0. The van der Waals surface area contributed by atoms with Crippen molar-refractivity contribution in [1.29, 1.82) is 0 Å². The quantitative estimate of drug-likeness (QED) is 0.464. The molecule has 2 nitrogen and oxygen atoms in total. The highest BCUT2D eigenvalue weighted by Gasteiger charge is 2.24. The molecule has 0 saturated carbocycles. The highest BCUT2D eigenvalue weighted by Crippen LogP contribution is 2.52. The number of ether oxygens (including phenoxy) is 2. The van der Waals surface area contributed by atoms with E-state index in [1.54, 1.807) is 24.3 Å². The number of fused-ring (bicyclic) bond motifs is 2. The van der Waals surface area contributed by atoms with E-state index in [1.807, 2.05) is 0 Å². The molecule has 0 bridgehead atoms. The van der Waals surface area contributed by atoms with Gasteiger partial charge in [0.05, 0.1) is 9.50 Å². The number of hydrogen-bond acceptors (Lipinski definition) is 2. The lowest BCUT2D eigenvalue weighted by Gasteiger charge is -2.22. The van der Waals surface area contributed by atoms with E-state index >= 15 is 0 Å². The van der Waals surface area contributed by atoms with Crippen molar-refractivity contribution in [1.82, 2.24) is 0 Å². The molecule has 0 aliphatic carbocycles. The van der Waals surface area contributed by atoms with Gasteiger partial charge in [0, 0.05) is 22.2 Å². The molecule has 1 aliphatic heterocycles. The number of halogens is 4. The first kappa shape index (κ1) is 12.4. The Labute approximate surface area is 126 Å². The van der Waals surface area contributed by atoms with E-state index in [2.05, 4.69) is 15.9 Å². The largest absolute Gasteiger partial charge is 0.448 e. The molecule has 92 valence electrons. The van der Waals surface area contributed by atoms with Crippen molar-refractivity contribution in [3.05, 3.63) is 43.8 Å². The topological polar surface area (TPSA) is 18.5 Å². The van der Waals surface area contributed by atoms with E-state index in [0.29, 0.717) is 42.5 Å². The van der Waals surface area contributed by atoms with Crippen LogP contribution >= 0.6 is 50.7 Å². The van der Waals surface area contributed by atoms with Crippen LogP contribution in [0.15, 0.2) is 28.7 Å². The summed E-state index contributed by atoms with van der Waals surface area (Å²) in [5, 5.41) is 1.41. The summed E-state index contributed by atoms with van der Waals surface area (Å²) in [6.45, 7) is 0. The van der Waals surface area contributed by atoms with Gasteiger partial charge >= 0.3 is 0 Å². The standard InChI is InChI=1S/C12H4BrCl3O2/c13-7-1-5(14)3-9-11(7)17-10-4-6(15)2-8(16)12(10)18-9/h1-4H. The first-order valence-corrected chi connectivity index (χ1v) is 6.81. The Balaban J connectivity index is 2.18. The van der Waals surface area contributed by atoms with E-state index in [9.17, 15) is 0 Å². The molecule has 0 aromatic heterocycles. The maximum absolute atomic E-state index is 6.06. The average Bonchev–Trinajstić information content (AvgIpc) is 2.27. The SMILES string of the molecule is Clc1cc(Cl)c2c(c1)Oc1c(Br)cc(Cl)cc1O2. The first-order chi connectivity index (χ1) is 8.54. The van der Waals surface area contributed by atoms with Gasteiger partial charge in [0.2, 0.25) is 0 Å². The van der Waals surface area contributed by atoms with Gasteiger partial charge in [-0.2, -0.15) is 0 Å². The van der Waals surface area contributed by atoms with Crippen LogP contribution in [0.2, 0.25) is 15.1 Å². The Morgan fingerprint density at radius 1 is 0.778 bits per heavy atom. The fourth-order valence-electron chi connectivity index (χ4n) is 1.64. The van der Waals surface area contributed by atoms with Crippen LogP contribution in [0.3, 0.4) is 0 Å². The summed E-state index contributed by atoms with van der Waals surface area (Å²) in [6.07, 6.45) is 0. The molecule has 0 unspecified atom stereocenters. The van der Waals surface area contributed by atoms with Crippen molar-refractivity contribution in [2.24, 2.45) is 0 Å². The van der Waals surface area contributed by atoms with Crippen LogP contribution in [0.4, 0.5) is 0 Å². The van der Waals surface area contributed by atoms with Crippen molar-refractivity contribution in [3.63, 3.8) is 0 Å². The highest BCUT2D eigenvalue weighted by molar-refractivity contribution is 9.10. The van der Waals surface area contributed by atoms with E-state index < -0.39 is 0 Å². The van der Waals surface area contributed by atoms with Crippen molar-refractivity contribution in [2.45, 2.75) is 0 Å². The fraction of sp³-hybridized carbons (Fsp3) is 0. The number of benzene rings is 2. The minimum atomic E-state index is 0.388. The second kappa shape index (κ2) is 4.49. The molecular weight excluding hydrogens is 362 g/mol. The molecule has 2 aromatic carbocycles. The van der Waals surface area contributed by atoms with E-state index in [4.69, 9.17) is 44.3 Å². The minimum absolute atomic E-state index is 0.388. The summed E-state index contributed by atoms with van der Waals surface area (Å²) in [5.41, 5.74) is 0. The smallest absolute Gasteiger partial charge is 0.188 e. The first-order valence-electron chi connectivity index (χ1n) is 4.88. The zero-order valence-electron chi connectivity index (χ0n) is 8.64. The van der Waals surface area contributed by atoms with Crippen molar-refractivity contribution >= 4 is 50.7 Å². The third-order valence-corrected chi connectivity index (χ3v) is 3.68. The Kier molecular flexibility index (Phi) is 3.10. The Bertz CT molecular complexity index is 601. The molecule has 1 aliphatic rings. The van der Waals surface area contributed by atoms with Crippen LogP contribution in [0, 0.1) is 0 Å². The van der Waals surface area contributed by atoms with Crippen LogP contribution < -0.4 is 9.47 Å². The normalized spacial score (nSPS) is 12.2. The van der Waals surface area contributed by atoms with Gasteiger partial charge in [-0.3, -0.25) is 0 Å². The Morgan fingerprint density at radius 2 is 1.33 bits per heavy atom. The minimum Gasteiger partial charge on any atom is -0.448 e. The van der Waals surface area contributed by atoms with Gasteiger partial charge < -0.3 is 9.47 Å². The lowest BCUT2D eigenvalue weighted by Crippen LogP contribution is -2.00. The predicted octanol–water partition coefficient (Wildman–Crippen LogP) is 6.31. The van der Waals surface area contributed by atoms with Crippen LogP contribution in [-0.4, -0.2) is 0 Å². The molecule has 0 saturated heterocycles. The van der Waals surface area contributed by atoms with Gasteiger partial charge in [-0.25, -0.2) is 0 Å². The molecular formula is C12H4BrCl3O2. The van der Waals surface area contributed by atoms with Gasteiger partial charge in [-0.1, -0.05) is 34.8 Å². The van der Waals surface area contributed by atoms with Gasteiger partial charge in [-0.15, -0.1) is 0 Å². The molecule has 6 heteroatoms. The van der Waals surface area contributed by atoms with E-state index in [-0.39, 0.29) is 0 Å². The monoisotopic (exact) mass is 364 g/mol. The second-order valence-corrected chi connectivity index (χ2v) is 5.77. The zero-order valence-corrected chi connectivity index (χ0v) is 12.5. The highest BCUT2D eigenvalue weighted by atomic mass is 79.9.